The molecule has 0 aromatic heterocycles. The molecular weight excluding hydrogens is 174 g/mol. The molecule has 2 N–H and O–H groups in total. The fraction of sp³-hybridized carbons (Fsp3) is 1.00. The van der Waals surface area contributed by atoms with Crippen molar-refractivity contribution in [3.63, 3.8) is 0 Å². The van der Waals surface area contributed by atoms with Gasteiger partial charge in [0.25, 0.3) is 0 Å². The van der Waals surface area contributed by atoms with Gasteiger partial charge in [0.2, 0.25) is 0 Å². The summed E-state index contributed by atoms with van der Waals surface area (Å²) in [6.07, 6.45) is 3.72. The first-order chi connectivity index (χ1) is 6.55. The molecule has 0 aromatic rings. The first-order valence-electron chi connectivity index (χ1n) is 5.81. The van der Waals surface area contributed by atoms with Crippen molar-refractivity contribution in [2.45, 2.75) is 45.6 Å². The van der Waals surface area contributed by atoms with Gasteiger partial charge in [-0.05, 0) is 30.6 Å². The molecule has 0 bridgehead atoms. The van der Waals surface area contributed by atoms with Crippen LogP contribution in [0.25, 0.3) is 0 Å². The van der Waals surface area contributed by atoms with Gasteiger partial charge in [-0.2, -0.15) is 0 Å². The first kappa shape index (κ1) is 12.0. The van der Waals surface area contributed by atoms with E-state index in [1.165, 1.54) is 12.8 Å². The fourth-order valence-corrected chi connectivity index (χ4v) is 3.06. The Morgan fingerprint density at radius 3 is 2.50 bits per heavy atom. The number of ether oxygens (including phenoxy) is 1. The summed E-state index contributed by atoms with van der Waals surface area (Å²) in [6.45, 7) is 7.53. The van der Waals surface area contributed by atoms with E-state index in [4.69, 9.17) is 10.5 Å². The molecule has 0 spiro atoms. The first-order valence-corrected chi connectivity index (χ1v) is 5.81. The van der Waals surface area contributed by atoms with Crippen LogP contribution in [0.5, 0.6) is 0 Å². The Balaban J connectivity index is 2.81. The summed E-state index contributed by atoms with van der Waals surface area (Å²) >= 11 is 0. The summed E-state index contributed by atoms with van der Waals surface area (Å²) in [5.74, 6) is 2.06. The molecule has 0 radical (unpaired) electrons. The summed E-state index contributed by atoms with van der Waals surface area (Å²) in [4.78, 5) is 0. The summed E-state index contributed by atoms with van der Waals surface area (Å²) in [7, 11) is 1.82. The van der Waals surface area contributed by atoms with Crippen molar-refractivity contribution in [1.29, 1.82) is 0 Å². The Bertz CT molecular complexity index is 175. The molecule has 14 heavy (non-hydrogen) atoms. The second-order valence-corrected chi connectivity index (χ2v) is 5.21. The molecule has 3 atom stereocenters. The standard InChI is InChI=1S/C12H25NO/c1-9(2)11-6-5-10(3)7-12(11,8-13)14-4/h9-11H,5-8,13H2,1-4H3. The number of hydrogen-bond donors (Lipinski definition) is 1. The third-order valence-electron chi connectivity index (χ3n) is 3.90. The zero-order chi connectivity index (χ0) is 10.8. The Hall–Kier alpha value is -0.0800. The van der Waals surface area contributed by atoms with Gasteiger partial charge in [0, 0.05) is 13.7 Å². The van der Waals surface area contributed by atoms with E-state index in [9.17, 15) is 0 Å². The topological polar surface area (TPSA) is 35.2 Å². The maximum absolute atomic E-state index is 5.91. The highest BCUT2D eigenvalue weighted by Crippen LogP contribution is 2.42. The molecule has 1 aliphatic rings. The minimum Gasteiger partial charge on any atom is -0.377 e. The van der Waals surface area contributed by atoms with Gasteiger partial charge < -0.3 is 10.5 Å². The van der Waals surface area contributed by atoms with E-state index < -0.39 is 0 Å². The monoisotopic (exact) mass is 199 g/mol. The van der Waals surface area contributed by atoms with Gasteiger partial charge >= 0.3 is 0 Å². The molecule has 0 aromatic carbocycles. The summed E-state index contributed by atoms with van der Waals surface area (Å²) in [5.41, 5.74) is 5.86. The molecule has 2 nitrogen and oxygen atoms in total. The van der Waals surface area contributed by atoms with Crippen molar-refractivity contribution >= 4 is 0 Å². The van der Waals surface area contributed by atoms with Crippen LogP contribution in [0.4, 0.5) is 0 Å². The average Bonchev–Trinajstić information content (AvgIpc) is 2.16. The van der Waals surface area contributed by atoms with E-state index in [0.717, 1.165) is 12.3 Å². The van der Waals surface area contributed by atoms with E-state index in [1.807, 2.05) is 7.11 Å². The molecular formula is C12H25NO. The van der Waals surface area contributed by atoms with Crippen molar-refractivity contribution < 1.29 is 4.74 Å². The smallest absolute Gasteiger partial charge is 0.0833 e. The normalized spacial score (nSPS) is 39.0. The van der Waals surface area contributed by atoms with E-state index in [1.54, 1.807) is 0 Å². The summed E-state index contributed by atoms with van der Waals surface area (Å²) < 4.78 is 5.75. The molecule has 1 aliphatic carbocycles. The van der Waals surface area contributed by atoms with Crippen LogP contribution in [0.2, 0.25) is 0 Å². The van der Waals surface area contributed by atoms with Gasteiger partial charge in [-0.1, -0.05) is 27.2 Å². The molecule has 2 heteroatoms. The van der Waals surface area contributed by atoms with Gasteiger partial charge in [-0.3, -0.25) is 0 Å². The molecule has 0 saturated heterocycles. The summed E-state index contributed by atoms with van der Waals surface area (Å²) in [6, 6.07) is 0. The van der Waals surface area contributed by atoms with Crippen molar-refractivity contribution in [1.82, 2.24) is 0 Å². The van der Waals surface area contributed by atoms with E-state index in [-0.39, 0.29) is 5.60 Å². The fourth-order valence-electron chi connectivity index (χ4n) is 3.06. The number of nitrogens with two attached hydrogens (primary N) is 1. The highest BCUT2D eigenvalue weighted by Gasteiger charge is 2.43. The van der Waals surface area contributed by atoms with Crippen LogP contribution in [-0.2, 0) is 4.74 Å². The maximum Gasteiger partial charge on any atom is 0.0833 e. The molecule has 0 amide bonds. The van der Waals surface area contributed by atoms with Gasteiger partial charge in [0.15, 0.2) is 0 Å². The quantitative estimate of drug-likeness (QED) is 0.757. The summed E-state index contributed by atoms with van der Waals surface area (Å²) in [5, 5.41) is 0. The minimum absolute atomic E-state index is 0.0498. The lowest BCUT2D eigenvalue weighted by atomic mass is 9.67. The van der Waals surface area contributed by atoms with Crippen LogP contribution >= 0.6 is 0 Å². The molecule has 1 saturated carbocycles. The number of rotatable bonds is 3. The van der Waals surface area contributed by atoms with Crippen LogP contribution < -0.4 is 5.73 Å². The van der Waals surface area contributed by atoms with E-state index in [0.29, 0.717) is 18.4 Å². The number of methoxy groups -OCH3 is 1. The van der Waals surface area contributed by atoms with E-state index in [2.05, 4.69) is 20.8 Å². The van der Waals surface area contributed by atoms with Crippen molar-refractivity contribution in [2.24, 2.45) is 23.5 Å². The highest BCUT2D eigenvalue weighted by molar-refractivity contribution is 4.95. The lowest BCUT2D eigenvalue weighted by Gasteiger charge is -2.46. The van der Waals surface area contributed by atoms with Crippen LogP contribution in [0.3, 0.4) is 0 Å². The number of hydrogen-bond acceptors (Lipinski definition) is 2. The van der Waals surface area contributed by atoms with Crippen molar-refractivity contribution in [3.8, 4) is 0 Å². The minimum atomic E-state index is -0.0498. The maximum atomic E-state index is 5.91. The Morgan fingerprint density at radius 1 is 1.43 bits per heavy atom. The van der Waals surface area contributed by atoms with Crippen molar-refractivity contribution in [3.05, 3.63) is 0 Å². The van der Waals surface area contributed by atoms with E-state index >= 15 is 0 Å². The van der Waals surface area contributed by atoms with Crippen LogP contribution in [0.15, 0.2) is 0 Å². The third kappa shape index (κ3) is 2.12. The second kappa shape index (κ2) is 4.63. The third-order valence-corrected chi connectivity index (χ3v) is 3.90. The van der Waals surface area contributed by atoms with Crippen LogP contribution in [0, 0.1) is 17.8 Å². The molecule has 1 rings (SSSR count). The molecule has 1 fully saturated rings. The Kier molecular flexibility index (Phi) is 3.96. The zero-order valence-electron chi connectivity index (χ0n) is 10.0. The largest absolute Gasteiger partial charge is 0.377 e. The van der Waals surface area contributed by atoms with Crippen LogP contribution in [-0.4, -0.2) is 19.3 Å². The van der Waals surface area contributed by atoms with Crippen LogP contribution in [0.1, 0.15) is 40.0 Å². The lowest BCUT2D eigenvalue weighted by molar-refractivity contribution is -0.102. The Labute approximate surface area is 88.2 Å². The highest BCUT2D eigenvalue weighted by atomic mass is 16.5. The predicted octanol–water partition coefficient (Wildman–Crippen LogP) is 2.42. The molecule has 0 aliphatic heterocycles. The average molecular weight is 199 g/mol. The molecule has 3 unspecified atom stereocenters. The van der Waals surface area contributed by atoms with Gasteiger partial charge in [0.05, 0.1) is 5.60 Å². The second-order valence-electron chi connectivity index (χ2n) is 5.21. The van der Waals surface area contributed by atoms with Gasteiger partial charge in [-0.15, -0.1) is 0 Å². The SMILES string of the molecule is COC1(CN)CC(C)CCC1C(C)C. The lowest BCUT2D eigenvalue weighted by Crippen LogP contribution is -2.52. The van der Waals surface area contributed by atoms with Crippen molar-refractivity contribution in [2.75, 3.05) is 13.7 Å². The zero-order valence-corrected chi connectivity index (χ0v) is 10.0. The van der Waals surface area contributed by atoms with Gasteiger partial charge in [-0.25, -0.2) is 0 Å². The van der Waals surface area contributed by atoms with Gasteiger partial charge in [0.1, 0.15) is 0 Å². The molecule has 0 heterocycles. The Morgan fingerprint density at radius 2 is 2.07 bits per heavy atom. The predicted molar refractivity (Wildman–Crippen MR) is 60.1 cm³/mol. The molecule has 84 valence electrons.